The molecular weight excluding hydrogens is 108 g/mol. The lowest BCUT2D eigenvalue weighted by atomic mass is 10.1. The normalized spacial score (nSPS) is 11.6. The summed E-state index contributed by atoms with van der Waals surface area (Å²) >= 11 is 0. The third-order valence-corrected chi connectivity index (χ3v) is 1.27. The highest BCUT2D eigenvalue weighted by atomic mass is 13.9. The smallest absolute Gasteiger partial charge is 0.0285 e. The molecule has 0 fully saturated rings. The van der Waals surface area contributed by atoms with E-state index < -0.39 is 0 Å². The first-order chi connectivity index (χ1) is 4.35. The highest BCUT2D eigenvalue weighted by Crippen LogP contribution is 2.05. The molecule has 0 aromatic rings. The van der Waals surface area contributed by atoms with E-state index in [0.29, 0.717) is 0 Å². The topological polar surface area (TPSA) is 0 Å². The molecule has 0 heterocycles. The zero-order valence-electron chi connectivity index (χ0n) is 6.48. The Hall–Kier alpha value is -0.520. The van der Waals surface area contributed by atoms with Crippen molar-refractivity contribution >= 4 is 0 Å². The summed E-state index contributed by atoms with van der Waals surface area (Å²) in [5.41, 5.74) is 1.39. The van der Waals surface area contributed by atoms with Crippen molar-refractivity contribution < 1.29 is 0 Å². The van der Waals surface area contributed by atoms with Crippen LogP contribution in [0.5, 0.6) is 0 Å². The minimum atomic E-state index is 1.13. The van der Waals surface area contributed by atoms with Gasteiger partial charge in [0.2, 0.25) is 0 Å². The van der Waals surface area contributed by atoms with E-state index in [9.17, 15) is 0 Å². The molecular formula is C9H16. The predicted molar refractivity (Wildman–Crippen MR) is 43.5 cm³/mol. The predicted octanol–water partition coefficient (Wildman–Crippen LogP) is 3.31. The number of hydrogen-bond acceptors (Lipinski definition) is 0. The van der Waals surface area contributed by atoms with Gasteiger partial charge in [-0.05, 0) is 12.8 Å². The van der Waals surface area contributed by atoms with Crippen LogP contribution in [-0.4, -0.2) is 0 Å². The summed E-state index contributed by atoms with van der Waals surface area (Å²) in [6, 6.07) is 0. The fourth-order valence-corrected chi connectivity index (χ4v) is 0.838. The van der Waals surface area contributed by atoms with Gasteiger partial charge in [-0.2, -0.15) is 0 Å². The Morgan fingerprint density at radius 3 is 2.44 bits per heavy atom. The largest absolute Gasteiger partial charge is 0.0988 e. The lowest BCUT2D eigenvalue weighted by Crippen LogP contribution is -1.75. The first-order valence-electron chi connectivity index (χ1n) is 3.66. The Balaban J connectivity index is 3.66. The molecule has 0 aliphatic carbocycles. The molecule has 0 saturated carbocycles. The standard InChI is InChI=1S/C9H16/c1-4-7-9(6-3)8-5-2/h6-7H,3-5,8H2,1-2H3/b9-7-. The lowest BCUT2D eigenvalue weighted by molar-refractivity contribution is 0.918. The Kier molecular flexibility index (Phi) is 5.29. The van der Waals surface area contributed by atoms with E-state index in [1.807, 2.05) is 6.08 Å². The van der Waals surface area contributed by atoms with Gasteiger partial charge in [-0.15, -0.1) is 0 Å². The number of rotatable bonds is 4. The summed E-state index contributed by atoms with van der Waals surface area (Å²) in [7, 11) is 0. The van der Waals surface area contributed by atoms with Gasteiger partial charge in [-0.1, -0.05) is 44.6 Å². The first kappa shape index (κ1) is 8.48. The Labute approximate surface area is 58.3 Å². The van der Waals surface area contributed by atoms with Crippen LogP contribution in [0, 0.1) is 0 Å². The molecule has 0 aliphatic heterocycles. The summed E-state index contributed by atoms with van der Waals surface area (Å²) < 4.78 is 0. The van der Waals surface area contributed by atoms with Gasteiger partial charge in [0.1, 0.15) is 0 Å². The van der Waals surface area contributed by atoms with Crippen LogP contribution in [0.4, 0.5) is 0 Å². The molecule has 52 valence electrons. The third kappa shape index (κ3) is 4.01. The molecule has 0 nitrogen and oxygen atoms in total. The van der Waals surface area contributed by atoms with E-state index in [1.165, 1.54) is 18.4 Å². The van der Waals surface area contributed by atoms with Crippen LogP contribution in [0.15, 0.2) is 24.3 Å². The monoisotopic (exact) mass is 124 g/mol. The highest BCUT2D eigenvalue weighted by molar-refractivity contribution is 5.15. The zero-order chi connectivity index (χ0) is 7.11. The molecule has 0 saturated heterocycles. The second-order valence-corrected chi connectivity index (χ2v) is 2.14. The maximum atomic E-state index is 3.73. The van der Waals surface area contributed by atoms with Gasteiger partial charge in [0.25, 0.3) is 0 Å². The molecule has 0 heteroatoms. The molecule has 0 rings (SSSR count). The minimum Gasteiger partial charge on any atom is -0.0988 e. The van der Waals surface area contributed by atoms with Crippen molar-refractivity contribution in [2.45, 2.75) is 33.1 Å². The maximum absolute atomic E-state index is 3.73. The van der Waals surface area contributed by atoms with Crippen LogP contribution in [0.3, 0.4) is 0 Å². The summed E-state index contributed by atoms with van der Waals surface area (Å²) in [6.45, 7) is 8.07. The second kappa shape index (κ2) is 5.61. The molecule has 0 aromatic heterocycles. The molecule has 9 heavy (non-hydrogen) atoms. The highest BCUT2D eigenvalue weighted by Gasteiger charge is 1.85. The molecule has 0 atom stereocenters. The van der Waals surface area contributed by atoms with E-state index in [0.717, 1.165) is 6.42 Å². The minimum absolute atomic E-state index is 1.13. The Morgan fingerprint density at radius 2 is 2.11 bits per heavy atom. The quantitative estimate of drug-likeness (QED) is 0.504. The molecule has 0 spiro atoms. The van der Waals surface area contributed by atoms with Gasteiger partial charge in [-0.25, -0.2) is 0 Å². The molecule has 0 unspecified atom stereocenters. The average molecular weight is 124 g/mol. The van der Waals surface area contributed by atoms with E-state index in [-0.39, 0.29) is 0 Å². The van der Waals surface area contributed by atoms with Crippen molar-refractivity contribution in [3.8, 4) is 0 Å². The molecule has 0 aliphatic rings. The van der Waals surface area contributed by atoms with Gasteiger partial charge in [0.15, 0.2) is 0 Å². The summed E-state index contributed by atoms with van der Waals surface area (Å²) in [5.74, 6) is 0. The van der Waals surface area contributed by atoms with Crippen LogP contribution in [0.1, 0.15) is 33.1 Å². The van der Waals surface area contributed by atoms with Crippen LogP contribution in [0.25, 0.3) is 0 Å². The van der Waals surface area contributed by atoms with Crippen LogP contribution < -0.4 is 0 Å². The fraction of sp³-hybridized carbons (Fsp3) is 0.556. The maximum Gasteiger partial charge on any atom is -0.0285 e. The number of hydrogen-bond donors (Lipinski definition) is 0. The third-order valence-electron chi connectivity index (χ3n) is 1.27. The molecule has 0 bridgehead atoms. The first-order valence-corrected chi connectivity index (χ1v) is 3.66. The van der Waals surface area contributed by atoms with Gasteiger partial charge in [0, 0.05) is 0 Å². The fourth-order valence-electron chi connectivity index (χ4n) is 0.838. The molecule has 0 aromatic carbocycles. The van der Waals surface area contributed by atoms with Crippen molar-refractivity contribution in [2.75, 3.05) is 0 Å². The van der Waals surface area contributed by atoms with Gasteiger partial charge >= 0.3 is 0 Å². The van der Waals surface area contributed by atoms with Crippen molar-refractivity contribution in [1.82, 2.24) is 0 Å². The van der Waals surface area contributed by atoms with E-state index in [2.05, 4.69) is 26.5 Å². The molecule has 0 radical (unpaired) electrons. The van der Waals surface area contributed by atoms with Crippen molar-refractivity contribution in [3.05, 3.63) is 24.3 Å². The van der Waals surface area contributed by atoms with Crippen LogP contribution >= 0.6 is 0 Å². The summed E-state index contributed by atoms with van der Waals surface area (Å²) in [6.07, 6.45) is 7.71. The average Bonchev–Trinajstić information content (AvgIpc) is 1.88. The van der Waals surface area contributed by atoms with Crippen molar-refractivity contribution in [3.63, 3.8) is 0 Å². The SMILES string of the molecule is C=C/C(=C/CC)CCC. The summed E-state index contributed by atoms with van der Waals surface area (Å²) in [5, 5.41) is 0. The van der Waals surface area contributed by atoms with Crippen LogP contribution in [0.2, 0.25) is 0 Å². The van der Waals surface area contributed by atoms with Gasteiger partial charge < -0.3 is 0 Å². The van der Waals surface area contributed by atoms with E-state index in [1.54, 1.807) is 0 Å². The van der Waals surface area contributed by atoms with Crippen molar-refractivity contribution in [2.24, 2.45) is 0 Å². The zero-order valence-corrected chi connectivity index (χ0v) is 6.48. The van der Waals surface area contributed by atoms with Gasteiger partial charge in [0.05, 0.1) is 0 Å². The van der Waals surface area contributed by atoms with Crippen molar-refractivity contribution in [1.29, 1.82) is 0 Å². The van der Waals surface area contributed by atoms with E-state index in [4.69, 9.17) is 0 Å². The van der Waals surface area contributed by atoms with E-state index >= 15 is 0 Å². The number of allylic oxidation sites excluding steroid dienone is 3. The van der Waals surface area contributed by atoms with Gasteiger partial charge in [-0.3, -0.25) is 0 Å². The summed E-state index contributed by atoms with van der Waals surface area (Å²) in [4.78, 5) is 0. The Bertz CT molecular complexity index is 98.6. The molecule has 0 amide bonds. The second-order valence-electron chi connectivity index (χ2n) is 2.14. The lowest BCUT2D eigenvalue weighted by Gasteiger charge is -1.95. The molecule has 0 N–H and O–H groups in total. The Morgan fingerprint density at radius 1 is 1.44 bits per heavy atom. The van der Waals surface area contributed by atoms with Crippen LogP contribution in [-0.2, 0) is 0 Å².